The van der Waals surface area contributed by atoms with E-state index in [0.29, 0.717) is 26.7 Å². The van der Waals surface area contributed by atoms with Gasteiger partial charge in [-0.05, 0) is 62.4 Å². The van der Waals surface area contributed by atoms with Crippen molar-refractivity contribution in [2.45, 2.75) is 29.8 Å². The fraction of sp³-hybridized carbons (Fsp3) is 0.138. The van der Waals surface area contributed by atoms with Gasteiger partial charge in [0.15, 0.2) is 6.61 Å². The van der Waals surface area contributed by atoms with Gasteiger partial charge in [0.2, 0.25) is 5.78 Å². The van der Waals surface area contributed by atoms with E-state index in [1.165, 1.54) is 23.9 Å². The largest absolute Gasteiger partial charge is 0.454 e. The van der Waals surface area contributed by atoms with Crippen molar-refractivity contribution in [2.24, 2.45) is 0 Å². The molecule has 0 saturated heterocycles. The Kier molecular flexibility index (Phi) is 7.74. The lowest BCUT2D eigenvalue weighted by molar-refractivity contribution is -0.137. The number of nitrogens with zero attached hydrogens (tertiary/aromatic N) is 2. The second kappa shape index (κ2) is 11.0. The smallest absolute Gasteiger partial charge is 0.416 e. The van der Waals surface area contributed by atoms with E-state index in [9.17, 15) is 28.0 Å². The van der Waals surface area contributed by atoms with Crippen LogP contribution in [0.5, 0.6) is 0 Å². The number of nitriles is 1. The predicted molar refractivity (Wildman–Crippen MR) is 137 cm³/mol. The van der Waals surface area contributed by atoms with E-state index in [1.807, 2.05) is 0 Å². The number of ether oxygens (including phenoxy) is 1. The molecule has 9 heteroatoms. The van der Waals surface area contributed by atoms with Gasteiger partial charge in [-0.25, -0.2) is 4.79 Å². The van der Waals surface area contributed by atoms with Gasteiger partial charge >= 0.3 is 12.1 Å². The maximum absolute atomic E-state index is 13.2. The summed E-state index contributed by atoms with van der Waals surface area (Å²) in [5, 5.41) is 9.35. The number of Topliss-reactive ketones (excluding diaryl/α,β-unsaturated/α-hetero) is 1. The van der Waals surface area contributed by atoms with Crippen LogP contribution in [0.3, 0.4) is 0 Å². The van der Waals surface area contributed by atoms with Crippen LogP contribution < -0.4 is 0 Å². The number of carbonyl (C=O) groups is 2. The van der Waals surface area contributed by atoms with Gasteiger partial charge in [0.25, 0.3) is 0 Å². The highest BCUT2D eigenvalue weighted by molar-refractivity contribution is 7.99. The first-order valence-corrected chi connectivity index (χ1v) is 12.2. The summed E-state index contributed by atoms with van der Waals surface area (Å²) in [5.41, 5.74) is 1.44. The van der Waals surface area contributed by atoms with E-state index in [2.05, 4.69) is 6.07 Å². The summed E-state index contributed by atoms with van der Waals surface area (Å²) in [5.74, 6) is -1.19. The number of aromatic nitrogens is 1. The SMILES string of the molecule is Cc1cc(C(=O)COC(=O)c2ccccc2Sc2ccccc2C#N)c(C)n1-c1cccc(C(F)(F)F)c1. The Labute approximate surface area is 221 Å². The van der Waals surface area contributed by atoms with Crippen molar-refractivity contribution in [2.75, 3.05) is 6.61 Å². The molecule has 0 saturated carbocycles. The number of ketones is 1. The molecule has 0 amide bonds. The molecule has 1 heterocycles. The van der Waals surface area contributed by atoms with Gasteiger partial charge in [-0.2, -0.15) is 18.4 Å². The van der Waals surface area contributed by atoms with Gasteiger partial charge in [0.1, 0.15) is 6.07 Å². The van der Waals surface area contributed by atoms with Gasteiger partial charge in [-0.1, -0.05) is 42.1 Å². The molecule has 0 unspecified atom stereocenters. The first kappa shape index (κ1) is 26.8. The van der Waals surface area contributed by atoms with Gasteiger partial charge in [0.05, 0.1) is 16.7 Å². The third-order valence-corrected chi connectivity index (χ3v) is 6.98. The molecular formula is C29H21F3N2O3S. The Balaban J connectivity index is 1.52. The normalized spacial score (nSPS) is 11.2. The number of halogens is 3. The minimum atomic E-state index is -4.50. The maximum Gasteiger partial charge on any atom is 0.416 e. The average Bonchev–Trinajstić information content (AvgIpc) is 3.20. The summed E-state index contributed by atoms with van der Waals surface area (Å²) in [6.45, 7) is 2.77. The molecule has 4 rings (SSSR count). The topological polar surface area (TPSA) is 72.1 Å². The van der Waals surface area contributed by atoms with Crippen molar-refractivity contribution in [1.82, 2.24) is 4.57 Å². The summed E-state index contributed by atoms with van der Waals surface area (Å²) >= 11 is 1.24. The van der Waals surface area contributed by atoms with Gasteiger partial charge < -0.3 is 9.30 Å². The molecule has 1 aromatic heterocycles. The molecule has 0 N–H and O–H groups in total. The summed E-state index contributed by atoms with van der Waals surface area (Å²) in [6.07, 6.45) is -4.50. The number of hydrogen-bond acceptors (Lipinski definition) is 5. The predicted octanol–water partition coefficient (Wildman–Crippen LogP) is 7.18. The quantitative estimate of drug-likeness (QED) is 0.186. The second-order valence-electron chi connectivity index (χ2n) is 8.37. The summed E-state index contributed by atoms with van der Waals surface area (Å²) in [6, 6.07) is 22.2. The summed E-state index contributed by atoms with van der Waals surface area (Å²) in [7, 11) is 0. The molecule has 0 atom stereocenters. The molecule has 0 spiro atoms. The monoisotopic (exact) mass is 534 g/mol. The number of esters is 1. The minimum absolute atomic E-state index is 0.243. The van der Waals surface area contributed by atoms with E-state index in [4.69, 9.17) is 4.74 Å². The van der Waals surface area contributed by atoms with Crippen molar-refractivity contribution in [3.63, 3.8) is 0 Å². The molecule has 38 heavy (non-hydrogen) atoms. The van der Waals surface area contributed by atoms with Crippen molar-refractivity contribution in [3.05, 3.63) is 113 Å². The maximum atomic E-state index is 13.2. The third-order valence-electron chi connectivity index (χ3n) is 5.83. The molecular weight excluding hydrogens is 513 g/mol. The third kappa shape index (κ3) is 5.66. The molecule has 0 radical (unpaired) electrons. The minimum Gasteiger partial charge on any atom is -0.454 e. The number of carbonyl (C=O) groups excluding carboxylic acids is 2. The van der Waals surface area contributed by atoms with Crippen LogP contribution in [-0.4, -0.2) is 22.9 Å². The average molecular weight is 535 g/mol. The molecule has 0 fully saturated rings. The molecule has 0 aliphatic heterocycles. The highest BCUT2D eigenvalue weighted by atomic mass is 32.2. The zero-order chi connectivity index (χ0) is 27.4. The van der Waals surface area contributed by atoms with Crippen molar-refractivity contribution >= 4 is 23.5 Å². The number of hydrogen-bond donors (Lipinski definition) is 0. The van der Waals surface area contributed by atoms with Crippen molar-refractivity contribution < 1.29 is 27.5 Å². The Morgan fingerprint density at radius 1 is 0.921 bits per heavy atom. The highest BCUT2D eigenvalue weighted by Crippen LogP contribution is 2.33. The second-order valence-corrected chi connectivity index (χ2v) is 9.46. The fourth-order valence-electron chi connectivity index (χ4n) is 4.04. The molecule has 0 aliphatic carbocycles. The first-order chi connectivity index (χ1) is 18.1. The van der Waals surface area contributed by atoms with Crippen LogP contribution in [0.2, 0.25) is 0 Å². The molecule has 0 bridgehead atoms. The Bertz CT molecular complexity index is 1570. The van der Waals surface area contributed by atoms with Crippen LogP contribution in [0.4, 0.5) is 13.2 Å². The van der Waals surface area contributed by atoms with Gasteiger partial charge in [-0.3, -0.25) is 4.79 Å². The number of rotatable bonds is 7. The van der Waals surface area contributed by atoms with Crippen LogP contribution >= 0.6 is 11.8 Å². The number of aryl methyl sites for hydroxylation is 1. The standard InChI is InChI=1S/C29H21F3N2O3S/c1-18-14-24(19(2)34(18)22-10-7-9-21(15-22)29(30,31)32)25(35)17-37-28(36)23-11-4-6-13-27(23)38-26-12-5-3-8-20(26)16-33/h3-15H,17H2,1-2H3. The highest BCUT2D eigenvalue weighted by Gasteiger charge is 2.31. The number of alkyl halides is 3. The lowest BCUT2D eigenvalue weighted by Crippen LogP contribution is -2.15. The molecule has 4 aromatic rings. The molecule has 5 nitrogen and oxygen atoms in total. The van der Waals surface area contributed by atoms with E-state index in [1.54, 1.807) is 73.0 Å². The van der Waals surface area contributed by atoms with Crippen LogP contribution in [-0.2, 0) is 10.9 Å². The summed E-state index contributed by atoms with van der Waals surface area (Å²) in [4.78, 5) is 27.1. The Morgan fingerprint density at radius 3 is 2.32 bits per heavy atom. The Morgan fingerprint density at radius 2 is 1.61 bits per heavy atom. The Hall–Kier alpha value is -4.29. The van der Waals surface area contributed by atoms with E-state index in [0.717, 1.165) is 12.1 Å². The fourth-order valence-corrected chi connectivity index (χ4v) is 5.06. The van der Waals surface area contributed by atoms with Crippen LogP contribution in [0.25, 0.3) is 5.69 Å². The zero-order valence-corrected chi connectivity index (χ0v) is 21.2. The van der Waals surface area contributed by atoms with E-state index >= 15 is 0 Å². The summed E-state index contributed by atoms with van der Waals surface area (Å²) < 4.78 is 46.5. The number of benzene rings is 3. The van der Waals surface area contributed by atoms with E-state index in [-0.39, 0.29) is 16.8 Å². The van der Waals surface area contributed by atoms with Crippen LogP contribution in [0.1, 0.15) is 43.2 Å². The lowest BCUT2D eigenvalue weighted by Gasteiger charge is -2.13. The van der Waals surface area contributed by atoms with Gasteiger partial charge in [0, 0.05) is 32.4 Å². The lowest BCUT2D eigenvalue weighted by atomic mass is 10.1. The van der Waals surface area contributed by atoms with Crippen LogP contribution in [0, 0.1) is 25.2 Å². The first-order valence-electron chi connectivity index (χ1n) is 11.4. The molecule has 192 valence electrons. The van der Waals surface area contributed by atoms with E-state index < -0.39 is 30.1 Å². The molecule has 0 aliphatic rings. The zero-order valence-electron chi connectivity index (χ0n) is 20.4. The van der Waals surface area contributed by atoms with Crippen LogP contribution in [0.15, 0.2) is 88.7 Å². The molecule has 3 aromatic carbocycles. The van der Waals surface area contributed by atoms with Crippen molar-refractivity contribution in [1.29, 1.82) is 5.26 Å². The van der Waals surface area contributed by atoms with Crippen molar-refractivity contribution in [3.8, 4) is 11.8 Å². The van der Waals surface area contributed by atoms with Gasteiger partial charge in [-0.15, -0.1) is 0 Å².